The van der Waals surface area contributed by atoms with E-state index in [2.05, 4.69) is 15.0 Å². The Balaban J connectivity index is 0.000000304. The minimum atomic E-state index is -1.22. The van der Waals surface area contributed by atoms with Crippen LogP contribution in [0.1, 0.15) is 27.9 Å². The second kappa shape index (κ2) is 12.4. The second-order valence-corrected chi connectivity index (χ2v) is 8.54. The van der Waals surface area contributed by atoms with Gasteiger partial charge in [0, 0.05) is 47.2 Å². The van der Waals surface area contributed by atoms with Gasteiger partial charge in [0.2, 0.25) is 0 Å². The Morgan fingerprint density at radius 1 is 1.08 bits per heavy atom. The number of aromatic carboxylic acids is 1. The molecule has 0 unspecified atom stereocenters. The van der Waals surface area contributed by atoms with Crippen molar-refractivity contribution in [3.63, 3.8) is 0 Å². The van der Waals surface area contributed by atoms with E-state index in [-0.39, 0.29) is 23.0 Å². The number of nitrogens with one attached hydrogen (secondary N) is 2. The van der Waals surface area contributed by atoms with Gasteiger partial charge in [-0.25, -0.2) is 14.6 Å². The van der Waals surface area contributed by atoms with Gasteiger partial charge in [0.05, 0.1) is 16.5 Å². The number of non-ortho nitro benzene ring substituents is 2. The Labute approximate surface area is 222 Å². The Bertz CT molecular complexity index is 1530. The summed E-state index contributed by atoms with van der Waals surface area (Å²) in [5, 5.41) is 31.0. The van der Waals surface area contributed by atoms with E-state index in [0.717, 1.165) is 11.8 Å². The van der Waals surface area contributed by atoms with Crippen LogP contribution >= 0.6 is 24.0 Å². The molecule has 196 valence electrons. The molecule has 0 bridgehead atoms. The number of ether oxygens (including phenoxy) is 1. The molecule has 4 aromatic rings. The van der Waals surface area contributed by atoms with E-state index < -0.39 is 15.8 Å². The largest absolute Gasteiger partial charge is 0.476 e. The molecular formula is C22H18N6O8S2. The standard InChI is InChI=1S/C16H10N4O6S.C6H8N2O2S/c21-15(22)14-9-18(10-1-3-11(4-2-10)19(23)24)16(17-14)27-13-7-5-12(6-8-13)20(25)26;1-2-10-5(9)4-3-7-6(11)8-4/h1-9H,(H,21,22);3H,2H2,1H3,(H2,7,8,11). The van der Waals surface area contributed by atoms with Crippen LogP contribution in [-0.2, 0) is 4.74 Å². The van der Waals surface area contributed by atoms with Crippen molar-refractivity contribution in [1.82, 2.24) is 19.5 Å². The molecule has 16 heteroatoms. The SMILES string of the molecule is CCOC(=O)c1c[nH]c(=S)[nH]1.O=C(O)c1cn(-c2ccc([N+](=O)[O-])cc2)c(Sc2ccc([N+](=O)[O-])cc2)n1. The monoisotopic (exact) mass is 558 g/mol. The van der Waals surface area contributed by atoms with Crippen LogP contribution in [-0.4, -0.2) is 53.0 Å². The number of hydrogen-bond acceptors (Lipinski definition) is 10. The van der Waals surface area contributed by atoms with Gasteiger partial charge in [-0.05, 0) is 43.4 Å². The summed E-state index contributed by atoms with van der Waals surface area (Å²) in [6, 6.07) is 11.3. The normalized spacial score (nSPS) is 10.2. The molecule has 0 saturated heterocycles. The van der Waals surface area contributed by atoms with Crippen LogP contribution in [0.3, 0.4) is 0 Å². The highest BCUT2D eigenvalue weighted by Gasteiger charge is 2.17. The number of esters is 1. The van der Waals surface area contributed by atoms with Gasteiger partial charge in [0.1, 0.15) is 5.69 Å². The summed E-state index contributed by atoms with van der Waals surface area (Å²) in [6.45, 7) is 2.11. The predicted molar refractivity (Wildman–Crippen MR) is 136 cm³/mol. The predicted octanol–water partition coefficient (Wildman–Crippen LogP) is 4.79. The third-order valence-electron chi connectivity index (χ3n) is 4.58. The molecule has 38 heavy (non-hydrogen) atoms. The fourth-order valence-electron chi connectivity index (χ4n) is 2.85. The van der Waals surface area contributed by atoms with Crippen molar-refractivity contribution in [2.45, 2.75) is 17.0 Å². The number of benzene rings is 2. The lowest BCUT2D eigenvalue weighted by atomic mass is 10.3. The van der Waals surface area contributed by atoms with E-state index in [9.17, 15) is 34.9 Å². The van der Waals surface area contributed by atoms with E-state index in [1.54, 1.807) is 6.92 Å². The quantitative estimate of drug-likeness (QED) is 0.116. The maximum Gasteiger partial charge on any atom is 0.356 e. The van der Waals surface area contributed by atoms with E-state index in [1.807, 2.05) is 0 Å². The van der Waals surface area contributed by atoms with E-state index in [1.165, 1.54) is 65.5 Å². The van der Waals surface area contributed by atoms with Crippen molar-refractivity contribution in [3.05, 3.63) is 97.3 Å². The van der Waals surface area contributed by atoms with E-state index in [4.69, 9.17) is 17.0 Å². The van der Waals surface area contributed by atoms with Crippen molar-refractivity contribution >= 4 is 47.3 Å². The van der Waals surface area contributed by atoms with Crippen molar-refractivity contribution in [2.75, 3.05) is 6.61 Å². The van der Waals surface area contributed by atoms with Crippen molar-refractivity contribution < 1.29 is 29.3 Å². The first-order chi connectivity index (χ1) is 18.1. The highest BCUT2D eigenvalue weighted by molar-refractivity contribution is 7.99. The number of rotatable bonds is 8. The molecule has 0 atom stereocenters. The van der Waals surface area contributed by atoms with E-state index in [0.29, 0.717) is 32.8 Å². The average Bonchev–Trinajstić information content (AvgIpc) is 3.52. The van der Waals surface area contributed by atoms with Crippen molar-refractivity contribution in [1.29, 1.82) is 0 Å². The van der Waals surface area contributed by atoms with Gasteiger partial charge in [0.15, 0.2) is 15.6 Å². The van der Waals surface area contributed by atoms with Crippen LogP contribution in [0, 0.1) is 25.0 Å². The molecule has 0 amide bonds. The van der Waals surface area contributed by atoms with Crippen LogP contribution in [0.4, 0.5) is 11.4 Å². The number of aromatic nitrogens is 4. The number of carbonyl (C=O) groups excluding carboxylic acids is 1. The lowest BCUT2D eigenvalue weighted by Crippen LogP contribution is -2.04. The van der Waals surface area contributed by atoms with Crippen LogP contribution < -0.4 is 0 Å². The zero-order chi connectivity index (χ0) is 27.8. The summed E-state index contributed by atoms with van der Waals surface area (Å²) >= 11 is 5.83. The molecule has 4 rings (SSSR count). The summed E-state index contributed by atoms with van der Waals surface area (Å²) < 4.78 is 6.61. The second-order valence-electron chi connectivity index (χ2n) is 7.09. The lowest BCUT2D eigenvalue weighted by Gasteiger charge is -2.07. The summed E-state index contributed by atoms with van der Waals surface area (Å²) in [7, 11) is 0. The number of hydrogen-bond donors (Lipinski definition) is 3. The van der Waals surface area contributed by atoms with Gasteiger partial charge in [0.25, 0.3) is 11.4 Å². The zero-order valence-electron chi connectivity index (χ0n) is 19.4. The fourth-order valence-corrected chi connectivity index (χ4v) is 3.90. The smallest absolute Gasteiger partial charge is 0.356 e. The van der Waals surface area contributed by atoms with Crippen LogP contribution in [0.25, 0.3) is 5.69 Å². The number of aromatic amines is 2. The highest BCUT2D eigenvalue weighted by Crippen LogP contribution is 2.31. The summed E-state index contributed by atoms with van der Waals surface area (Å²) in [5.41, 5.74) is 0.491. The summed E-state index contributed by atoms with van der Waals surface area (Å²) in [5.74, 6) is -1.61. The Kier molecular flexibility index (Phi) is 9.07. The van der Waals surface area contributed by atoms with Crippen LogP contribution in [0.2, 0.25) is 0 Å². The first-order valence-corrected chi connectivity index (χ1v) is 11.8. The van der Waals surface area contributed by atoms with Crippen LogP contribution in [0.5, 0.6) is 0 Å². The lowest BCUT2D eigenvalue weighted by molar-refractivity contribution is -0.385. The highest BCUT2D eigenvalue weighted by atomic mass is 32.2. The number of nitro groups is 2. The summed E-state index contributed by atoms with van der Waals surface area (Å²) in [4.78, 5) is 52.6. The molecule has 2 aromatic heterocycles. The number of imidazole rings is 2. The molecular weight excluding hydrogens is 540 g/mol. The molecule has 0 aliphatic carbocycles. The molecule has 0 saturated carbocycles. The number of nitrogens with zero attached hydrogens (tertiary/aromatic N) is 4. The Morgan fingerprint density at radius 3 is 2.13 bits per heavy atom. The van der Waals surface area contributed by atoms with Crippen LogP contribution in [0.15, 0.2) is 71.0 Å². The minimum Gasteiger partial charge on any atom is -0.476 e. The Hall–Kier alpha value is -4.83. The topological polar surface area (TPSA) is 199 Å². The molecule has 2 aromatic carbocycles. The van der Waals surface area contributed by atoms with E-state index >= 15 is 0 Å². The molecule has 0 radical (unpaired) electrons. The maximum absolute atomic E-state index is 11.3. The fraction of sp³-hybridized carbons (Fsp3) is 0.0909. The van der Waals surface area contributed by atoms with Gasteiger partial charge in [-0.15, -0.1) is 0 Å². The van der Waals surface area contributed by atoms with Gasteiger partial charge in [-0.3, -0.25) is 24.8 Å². The molecule has 3 N–H and O–H groups in total. The van der Waals surface area contributed by atoms with Gasteiger partial charge < -0.3 is 19.8 Å². The first-order valence-electron chi connectivity index (χ1n) is 10.5. The van der Waals surface area contributed by atoms with Gasteiger partial charge >= 0.3 is 11.9 Å². The first kappa shape index (κ1) is 27.8. The molecule has 0 fully saturated rings. The Morgan fingerprint density at radius 2 is 1.66 bits per heavy atom. The molecule has 2 heterocycles. The summed E-state index contributed by atoms with van der Waals surface area (Å²) in [6.07, 6.45) is 2.79. The third kappa shape index (κ3) is 7.11. The van der Waals surface area contributed by atoms with Crippen molar-refractivity contribution in [2.24, 2.45) is 0 Å². The van der Waals surface area contributed by atoms with Crippen molar-refractivity contribution in [3.8, 4) is 5.69 Å². The third-order valence-corrected chi connectivity index (χ3v) is 5.78. The number of nitro benzene ring substituents is 2. The number of carboxylic acid groups (broad SMARTS) is 1. The number of carbonyl (C=O) groups is 2. The van der Waals surface area contributed by atoms with Gasteiger partial charge in [-0.2, -0.15) is 0 Å². The molecule has 14 nitrogen and oxygen atoms in total. The minimum absolute atomic E-state index is 0.0655. The number of carboxylic acids is 1. The molecule has 0 aliphatic heterocycles. The average molecular weight is 559 g/mol. The molecule has 0 aliphatic rings. The molecule has 0 spiro atoms. The number of H-pyrrole nitrogens is 2. The zero-order valence-corrected chi connectivity index (χ0v) is 21.0. The van der Waals surface area contributed by atoms with Gasteiger partial charge in [-0.1, -0.05) is 11.8 Å². The maximum atomic E-state index is 11.3.